The summed E-state index contributed by atoms with van der Waals surface area (Å²) < 4.78 is 10.1. The van der Waals surface area contributed by atoms with Crippen molar-refractivity contribution in [3.8, 4) is 0 Å². The molecule has 0 bridgehead atoms. The largest absolute Gasteiger partial charge is 0.481 e. The third kappa shape index (κ3) is 7.36. The smallest absolute Gasteiger partial charge is 0.304 e. The van der Waals surface area contributed by atoms with Crippen molar-refractivity contribution in [1.29, 1.82) is 0 Å². The van der Waals surface area contributed by atoms with Gasteiger partial charge in [0.1, 0.15) is 13.2 Å². The first-order chi connectivity index (χ1) is 12.0. The summed E-state index contributed by atoms with van der Waals surface area (Å²) >= 11 is 1.53. The van der Waals surface area contributed by atoms with Gasteiger partial charge in [-0.15, -0.1) is 0 Å². The molecule has 25 heavy (non-hydrogen) atoms. The Hall–Kier alpha value is -2.39. The van der Waals surface area contributed by atoms with E-state index in [0.29, 0.717) is 28.9 Å². The molecule has 0 saturated carbocycles. The fraction of sp³-hybridized carbons (Fsp3) is 0.375. The van der Waals surface area contributed by atoms with Crippen molar-refractivity contribution in [2.75, 3.05) is 17.7 Å². The number of hydrogen-bond acceptors (Lipinski definition) is 7. The number of amides is 1. The predicted octanol–water partition coefficient (Wildman–Crippen LogP) is 2.24. The Bertz CT molecular complexity index is 719. The van der Waals surface area contributed by atoms with Crippen molar-refractivity contribution in [2.45, 2.75) is 25.7 Å². The Kier molecular flexibility index (Phi) is 7.42. The van der Waals surface area contributed by atoms with Crippen LogP contribution < -0.4 is 5.32 Å². The lowest BCUT2D eigenvalue weighted by Crippen LogP contribution is -2.18. The zero-order valence-corrected chi connectivity index (χ0v) is 14.5. The van der Waals surface area contributed by atoms with Crippen LogP contribution in [0, 0.1) is 6.92 Å². The first kappa shape index (κ1) is 18.9. The maximum absolute atomic E-state index is 11.9. The number of aryl methyl sites for hydroxylation is 1. The van der Waals surface area contributed by atoms with Gasteiger partial charge in [-0.1, -0.05) is 17.3 Å². The van der Waals surface area contributed by atoms with Crippen molar-refractivity contribution >= 4 is 29.3 Å². The summed E-state index contributed by atoms with van der Waals surface area (Å²) in [5.41, 5.74) is 1.68. The van der Waals surface area contributed by atoms with Crippen LogP contribution in [0.5, 0.6) is 0 Å². The Labute approximate surface area is 148 Å². The standard InChI is InChI=1S/C16H19N3O5S/c1-11-17-15(24-19-11)9-23-8-14(20)18-13-4-2-3-12(7-13)10-25-6-5-16(21)22/h2-4,7H,5-6,8-10H2,1H3,(H,18,20)(H,21,22). The molecule has 0 atom stereocenters. The number of thioether (sulfide) groups is 1. The summed E-state index contributed by atoms with van der Waals surface area (Å²) in [5.74, 6) is 0.988. The minimum absolute atomic E-state index is 0.0779. The number of rotatable bonds is 10. The van der Waals surface area contributed by atoms with Gasteiger partial charge in [0.2, 0.25) is 5.91 Å². The van der Waals surface area contributed by atoms with Crippen LogP contribution in [-0.2, 0) is 26.7 Å². The maximum atomic E-state index is 11.9. The lowest BCUT2D eigenvalue weighted by atomic mass is 10.2. The minimum atomic E-state index is -0.802. The molecule has 2 aromatic rings. The molecule has 8 nitrogen and oxygen atoms in total. The lowest BCUT2D eigenvalue weighted by molar-refractivity contribution is -0.136. The third-order valence-electron chi connectivity index (χ3n) is 2.97. The van der Waals surface area contributed by atoms with Crippen LogP contribution in [0.15, 0.2) is 28.8 Å². The zero-order valence-electron chi connectivity index (χ0n) is 13.7. The molecule has 1 aromatic heterocycles. The van der Waals surface area contributed by atoms with Crippen molar-refractivity contribution in [3.63, 3.8) is 0 Å². The fourth-order valence-corrected chi connectivity index (χ4v) is 2.79. The van der Waals surface area contributed by atoms with Crippen LogP contribution in [0.4, 0.5) is 5.69 Å². The van der Waals surface area contributed by atoms with Gasteiger partial charge >= 0.3 is 5.97 Å². The van der Waals surface area contributed by atoms with E-state index >= 15 is 0 Å². The van der Waals surface area contributed by atoms with E-state index in [1.54, 1.807) is 13.0 Å². The average Bonchev–Trinajstić information content (AvgIpc) is 2.97. The SMILES string of the molecule is Cc1noc(COCC(=O)Nc2cccc(CSCCC(=O)O)c2)n1. The van der Waals surface area contributed by atoms with Crippen LogP contribution in [0.1, 0.15) is 23.7 Å². The van der Waals surface area contributed by atoms with Crippen LogP contribution in [0.2, 0.25) is 0 Å². The van der Waals surface area contributed by atoms with E-state index in [-0.39, 0.29) is 25.5 Å². The molecule has 0 unspecified atom stereocenters. The van der Waals surface area contributed by atoms with Crippen LogP contribution >= 0.6 is 11.8 Å². The summed E-state index contributed by atoms with van der Waals surface area (Å²) in [6.45, 7) is 1.65. The number of carboxylic acids is 1. The Morgan fingerprint density at radius 3 is 2.96 bits per heavy atom. The second kappa shape index (κ2) is 9.80. The highest BCUT2D eigenvalue weighted by molar-refractivity contribution is 7.98. The molecule has 134 valence electrons. The molecular weight excluding hydrogens is 346 g/mol. The molecule has 1 aromatic carbocycles. The van der Waals surface area contributed by atoms with E-state index in [9.17, 15) is 9.59 Å². The monoisotopic (exact) mass is 365 g/mol. The Morgan fingerprint density at radius 1 is 1.40 bits per heavy atom. The highest BCUT2D eigenvalue weighted by Crippen LogP contribution is 2.17. The molecule has 0 aliphatic rings. The van der Waals surface area contributed by atoms with E-state index < -0.39 is 5.97 Å². The quantitative estimate of drug-likeness (QED) is 0.616. The van der Waals surface area contributed by atoms with E-state index in [2.05, 4.69) is 15.5 Å². The number of nitrogens with one attached hydrogen (secondary N) is 1. The highest BCUT2D eigenvalue weighted by atomic mass is 32.2. The number of aromatic nitrogens is 2. The topological polar surface area (TPSA) is 115 Å². The van der Waals surface area contributed by atoms with Gasteiger partial charge in [0.25, 0.3) is 5.89 Å². The number of carbonyl (C=O) groups is 2. The van der Waals surface area contributed by atoms with Gasteiger partial charge < -0.3 is 19.7 Å². The third-order valence-corrected chi connectivity index (χ3v) is 4.00. The number of anilines is 1. The van der Waals surface area contributed by atoms with Crippen molar-refractivity contribution < 1.29 is 24.0 Å². The number of carboxylic acid groups (broad SMARTS) is 1. The fourth-order valence-electron chi connectivity index (χ4n) is 1.92. The molecule has 1 amide bonds. The van der Waals surface area contributed by atoms with Gasteiger partial charge in [-0.3, -0.25) is 9.59 Å². The first-order valence-corrected chi connectivity index (χ1v) is 8.73. The maximum Gasteiger partial charge on any atom is 0.304 e. The highest BCUT2D eigenvalue weighted by Gasteiger charge is 2.07. The molecule has 9 heteroatoms. The summed E-state index contributed by atoms with van der Waals surface area (Å²) in [4.78, 5) is 26.3. The van der Waals surface area contributed by atoms with E-state index in [1.165, 1.54) is 11.8 Å². The molecule has 0 aliphatic carbocycles. The molecule has 0 radical (unpaired) electrons. The lowest BCUT2D eigenvalue weighted by Gasteiger charge is -2.07. The van der Waals surface area contributed by atoms with Crippen LogP contribution in [-0.4, -0.2) is 39.5 Å². The number of hydrogen-bond donors (Lipinski definition) is 2. The summed E-state index contributed by atoms with van der Waals surface area (Å²) in [5, 5.41) is 15.0. The van der Waals surface area contributed by atoms with E-state index in [4.69, 9.17) is 14.4 Å². The van der Waals surface area contributed by atoms with E-state index in [0.717, 1.165) is 5.56 Å². The number of aliphatic carboxylic acids is 1. The number of carbonyl (C=O) groups excluding carboxylic acids is 1. The second-order valence-electron chi connectivity index (χ2n) is 5.17. The normalized spacial score (nSPS) is 10.6. The summed E-state index contributed by atoms with van der Waals surface area (Å²) in [6, 6.07) is 7.40. The van der Waals surface area contributed by atoms with Gasteiger partial charge in [0.05, 0.1) is 6.42 Å². The van der Waals surface area contributed by atoms with Gasteiger partial charge in [-0.2, -0.15) is 16.7 Å². The number of nitrogens with zero attached hydrogens (tertiary/aromatic N) is 2. The van der Waals surface area contributed by atoms with Crippen molar-refractivity contribution in [1.82, 2.24) is 10.1 Å². The van der Waals surface area contributed by atoms with Gasteiger partial charge in [0.15, 0.2) is 5.82 Å². The number of ether oxygens (including phenoxy) is 1. The van der Waals surface area contributed by atoms with E-state index in [1.807, 2.05) is 18.2 Å². The Balaban J connectivity index is 1.72. The molecule has 1 heterocycles. The van der Waals surface area contributed by atoms with Crippen LogP contribution in [0.3, 0.4) is 0 Å². The summed E-state index contributed by atoms with van der Waals surface area (Å²) in [7, 11) is 0. The molecule has 0 spiro atoms. The average molecular weight is 365 g/mol. The van der Waals surface area contributed by atoms with Gasteiger partial charge in [-0.05, 0) is 24.6 Å². The zero-order chi connectivity index (χ0) is 18.1. The van der Waals surface area contributed by atoms with Gasteiger partial charge in [-0.25, -0.2) is 0 Å². The van der Waals surface area contributed by atoms with Crippen molar-refractivity contribution in [2.24, 2.45) is 0 Å². The Morgan fingerprint density at radius 2 is 2.24 bits per heavy atom. The van der Waals surface area contributed by atoms with Gasteiger partial charge in [0, 0.05) is 17.2 Å². The first-order valence-electron chi connectivity index (χ1n) is 7.58. The molecule has 2 rings (SSSR count). The molecular formula is C16H19N3O5S. The molecule has 0 fully saturated rings. The molecule has 2 N–H and O–H groups in total. The molecule has 0 aliphatic heterocycles. The minimum Gasteiger partial charge on any atom is -0.481 e. The van der Waals surface area contributed by atoms with Crippen LogP contribution in [0.25, 0.3) is 0 Å². The number of benzene rings is 1. The second-order valence-corrected chi connectivity index (χ2v) is 6.28. The predicted molar refractivity (Wildman–Crippen MR) is 92.2 cm³/mol. The molecule has 0 saturated heterocycles. The summed E-state index contributed by atoms with van der Waals surface area (Å²) in [6.07, 6.45) is 0.137. The van der Waals surface area contributed by atoms with Crippen molar-refractivity contribution in [3.05, 3.63) is 41.5 Å².